The molecular weight excluding hydrogens is 438 g/mol. The summed E-state index contributed by atoms with van der Waals surface area (Å²) in [6.45, 7) is 4.46. The van der Waals surface area contributed by atoms with Crippen molar-refractivity contribution in [1.82, 2.24) is 9.62 Å². The molecule has 0 aromatic heterocycles. The average Bonchev–Trinajstić information content (AvgIpc) is 3.09. The summed E-state index contributed by atoms with van der Waals surface area (Å²) in [6, 6.07) is 9.04. The Balaban J connectivity index is 1.98. The van der Waals surface area contributed by atoms with Crippen LogP contribution in [-0.2, 0) is 21.2 Å². The summed E-state index contributed by atoms with van der Waals surface area (Å²) < 4.78 is 56.1. The van der Waals surface area contributed by atoms with Crippen molar-refractivity contribution in [1.29, 1.82) is 0 Å². The van der Waals surface area contributed by atoms with E-state index in [4.69, 9.17) is 0 Å². The molecule has 0 radical (unpaired) electrons. The van der Waals surface area contributed by atoms with Crippen LogP contribution in [0.3, 0.4) is 0 Å². The third kappa shape index (κ3) is 5.33. The van der Waals surface area contributed by atoms with Crippen LogP contribution in [0.25, 0.3) is 11.1 Å². The topological polar surface area (TPSA) is 86.7 Å². The number of benzene rings is 2. The summed E-state index contributed by atoms with van der Waals surface area (Å²) in [5.41, 5.74) is -0.791. The van der Waals surface area contributed by atoms with Gasteiger partial charge in [-0.1, -0.05) is 30.3 Å². The van der Waals surface area contributed by atoms with Gasteiger partial charge in [0.05, 0.1) is 11.8 Å². The van der Waals surface area contributed by atoms with Crippen molar-refractivity contribution >= 4 is 15.9 Å². The second-order valence-electron chi connectivity index (χ2n) is 8.53. The fraction of sp³-hybridized carbons (Fsp3) is 0.435. The van der Waals surface area contributed by atoms with Gasteiger partial charge in [-0.3, -0.25) is 4.79 Å². The molecule has 0 unspecified atom stereocenters. The fourth-order valence-electron chi connectivity index (χ4n) is 4.00. The Labute approximate surface area is 187 Å². The van der Waals surface area contributed by atoms with Gasteiger partial charge >= 0.3 is 0 Å². The molecule has 1 fully saturated rings. The number of carbonyl (C=O) groups excluding carboxylic acids is 1. The molecule has 174 valence electrons. The SMILES string of the molecule is CCS(=O)(=O)N[C@H]1CCN(C(=O)C(C)(C)O)[C@H]1Cc1cccc(-c2cccc(F)c2)c1F. The van der Waals surface area contributed by atoms with Gasteiger partial charge in [0.1, 0.15) is 17.2 Å². The summed E-state index contributed by atoms with van der Waals surface area (Å²) in [4.78, 5) is 14.2. The van der Waals surface area contributed by atoms with Crippen molar-refractivity contribution in [2.24, 2.45) is 0 Å². The lowest BCUT2D eigenvalue weighted by molar-refractivity contribution is -0.148. The van der Waals surface area contributed by atoms with Gasteiger partial charge in [0.2, 0.25) is 10.0 Å². The maximum Gasteiger partial charge on any atom is 0.254 e. The Hall–Kier alpha value is -2.36. The molecule has 0 bridgehead atoms. The van der Waals surface area contributed by atoms with Crippen molar-refractivity contribution in [2.45, 2.75) is 51.3 Å². The lowest BCUT2D eigenvalue weighted by Gasteiger charge is -2.32. The first-order chi connectivity index (χ1) is 14.9. The van der Waals surface area contributed by atoms with Gasteiger partial charge in [-0.15, -0.1) is 0 Å². The third-order valence-corrected chi connectivity index (χ3v) is 7.11. The van der Waals surface area contributed by atoms with Crippen molar-refractivity contribution in [3.63, 3.8) is 0 Å². The number of nitrogens with one attached hydrogen (secondary N) is 1. The highest BCUT2D eigenvalue weighted by molar-refractivity contribution is 7.89. The van der Waals surface area contributed by atoms with Crippen molar-refractivity contribution in [3.05, 3.63) is 59.7 Å². The van der Waals surface area contributed by atoms with Gasteiger partial charge in [0.25, 0.3) is 5.91 Å². The first-order valence-corrected chi connectivity index (χ1v) is 12.1. The maximum atomic E-state index is 15.4. The van der Waals surface area contributed by atoms with E-state index >= 15 is 4.39 Å². The van der Waals surface area contributed by atoms with E-state index in [9.17, 15) is 22.7 Å². The van der Waals surface area contributed by atoms with Gasteiger partial charge < -0.3 is 10.0 Å². The largest absolute Gasteiger partial charge is 0.381 e. The van der Waals surface area contributed by atoms with E-state index in [0.717, 1.165) is 0 Å². The summed E-state index contributed by atoms with van der Waals surface area (Å²) >= 11 is 0. The first-order valence-electron chi connectivity index (χ1n) is 10.5. The molecule has 1 heterocycles. The van der Waals surface area contributed by atoms with Gasteiger partial charge in [-0.25, -0.2) is 21.9 Å². The normalized spacial score (nSPS) is 19.4. The monoisotopic (exact) mass is 466 g/mol. The molecule has 1 aliphatic rings. The van der Waals surface area contributed by atoms with Crippen LogP contribution < -0.4 is 4.72 Å². The van der Waals surface area contributed by atoms with E-state index in [0.29, 0.717) is 12.0 Å². The molecule has 2 aromatic rings. The second kappa shape index (κ2) is 9.25. The van der Waals surface area contributed by atoms with Crippen LogP contribution in [0.2, 0.25) is 0 Å². The van der Waals surface area contributed by atoms with Gasteiger partial charge in [-0.2, -0.15) is 0 Å². The van der Waals surface area contributed by atoms with Crippen LogP contribution in [0.5, 0.6) is 0 Å². The molecular formula is C23H28F2N2O4S. The zero-order valence-corrected chi connectivity index (χ0v) is 19.1. The van der Waals surface area contributed by atoms with Gasteiger partial charge in [0.15, 0.2) is 0 Å². The van der Waals surface area contributed by atoms with Crippen LogP contribution in [-0.4, -0.2) is 54.3 Å². The number of carbonyl (C=O) groups is 1. The van der Waals surface area contributed by atoms with E-state index in [1.54, 1.807) is 24.3 Å². The highest BCUT2D eigenvalue weighted by Crippen LogP contribution is 2.30. The van der Waals surface area contributed by atoms with Crippen molar-refractivity contribution in [3.8, 4) is 11.1 Å². The smallest absolute Gasteiger partial charge is 0.254 e. The fourth-order valence-corrected chi connectivity index (χ4v) is 4.91. The number of likely N-dealkylation sites (tertiary alicyclic amines) is 1. The molecule has 0 aliphatic carbocycles. The molecule has 0 saturated carbocycles. The molecule has 1 aliphatic heterocycles. The Morgan fingerprint density at radius 2 is 1.91 bits per heavy atom. The standard InChI is InChI=1S/C23H28F2N2O4S/c1-4-32(30,31)26-19-11-12-27(22(28)23(2,3)29)20(19)14-16-8-6-10-18(21(16)25)15-7-5-9-17(24)13-15/h5-10,13,19-20,26,29H,4,11-12,14H2,1-3H3/t19-,20-/m0/s1. The first kappa shape index (κ1) is 24.3. The van der Waals surface area contributed by atoms with Crippen LogP contribution in [0, 0.1) is 11.6 Å². The molecule has 1 amide bonds. The molecule has 32 heavy (non-hydrogen) atoms. The minimum Gasteiger partial charge on any atom is -0.381 e. The molecule has 2 atom stereocenters. The number of halogens is 2. The highest BCUT2D eigenvalue weighted by Gasteiger charge is 2.43. The summed E-state index contributed by atoms with van der Waals surface area (Å²) in [5.74, 6) is -1.72. The molecule has 1 saturated heterocycles. The number of hydrogen-bond acceptors (Lipinski definition) is 4. The van der Waals surface area contributed by atoms with Crippen molar-refractivity contribution in [2.75, 3.05) is 12.3 Å². The number of hydrogen-bond donors (Lipinski definition) is 2. The van der Waals surface area contributed by atoms with Crippen molar-refractivity contribution < 1.29 is 27.1 Å². The number of rotatable bonds is 7. The molecule has 3 rings (SSSR count). The van der Waals surface area contributed by atoms with Crippen LogP contribution in [0.15, 0.2) is 42.5 Å². The van der Waals surface area contributed by atoms with E-state index in [2.05, 4.69) is 4.72 Å². The zero-order valence-electron chi connectivity index (χ0n) is 18.3. The van der Waals surface area contributed by atoms with Crippen LogP contribution in [0.1, 0.15) is 32.8 Å². The second-order valence-corrected chi connectivity index (χ2v) is 10.6. The number of nitrogens with zero attached hydrogens (tertiary/aromatic N) is 1. The Bertz CT molecular complexity index is 1100. The Kier molecular flexibility index (Phi) is 7.02. The van der Waals surface area contributed by atoms with Gasteiger partial charge in [0, 0.05) is 18.2 Å². The van der Waals surface area contributed by atoms with E-state index in [-0.39, 0.29) is 29.8 Å². The Morgan fingerprint density at radius 3 is 2.53 bits per heavy atom. The molecule has 2 aromatic carbocycles. The zero-order chi connectivity index (χ0) is 23.7. The number of amides is 1. The predicted octanol–water partition coefficient (Wildman–Crippen LogP) is 2.85. The van der Waals surface area contributed by atoms with E-state index < -0.39 is 45.2 Å². The van der Waals surface area contributed by atoms with Gasteiger partial charge in [-0.05, 0) is 56.9 Å². The van der Waals surface area contributed by atoms with E-state index in [1.807, 2.05) is 0 Å². The summed E-state index contributed by atoms with van der Waals surface area (Å²) in [7, 11) is -3.56. The van der Waals surface area contributed by atoms with Crippen LogP contribution >= 0.6 is 0 Å². The minimum atomic E-state index is -3.56. The lowest BCUT2D eigenvalue weighted by atomic mass is 9.95. The predicted molar refractivity (Wildman–Crippen MR) is 118 cm³/mol. The highest BCUT2D eigenvalue weighted by atomic mass is 32.2. The molecule has 2 N–H and O–H groups in total. The average molecular weight is 467 g/mol. The quantitative estimate of drug-likeness (QED) is 0.657. The lowest BCUT2D eigenvalue weighted by Crippen LogP contribution is -2.52. The Morgan fingerprint density at radius 1 is 1.22 bits per heavy atom. The van der Waals surface area contributed by atoms with Crippen LogP contribution in [0.4, 0.5) is 8.78 Å². The maximum absolute atomic E-state index is 15.4. The van der Waals surface area contributed by atoms with E-state index in [1.165, 1.54) is 43.9 Å². The third-order valence-electron chi connectivity index (χ3n) is 5.68. The summed E-state index contributed by atoms with van der Waals surface area (Å²) in [6.07, 6.45) is 0.380. The number of aliphatic hydroxyl groups is 1. The molecule has 0 spiro atoms. The minimum absolute atomic E-state index is 0.0354. The molecule has 6 nitrogen and oxygen atoms in total. The molecule has 9 heteroatoms. The number of sulfonamides is 1. The summed E-state index contributed by atoms with van der Waals surface area (Å²) in [5, 5.41) is 10.2.